The molecule has 0 aliphatic carbocycles. The van der Waals surface area contributed by atoms with E-state index in [-0.39, 0.29) is 12.2 Å². The Hall–Kier alpha value is -2.31. The topological polar surface area (TPSA) is 94.8 Å². The molecule has 2 rings (SSSR count). The number of carboxylic acids is 2. The first kappa shape index (κ1) is 25.9. The molecule has 0 aromatic heterocycles. The minimum absolute atomic E-state index is 0.0930. The summed E-state index contributed by atoms with van der Waals surface area (Å²) in [6, 6.07) is 15.7. The molecule has 0 fully saturated rings. The Labute approximate surface area is 194 Å². The number of aliphatic hydroxyl groups excluding tert-OH is 1. The van der Waals surface area contributed by atoms with Crippen LogP contribution in [0.3, 0.4) is 0 Å². The Morgan fingerprint density at radius 1 is 0.875 bits per heavy atom. The van der Waals surface area contributed by atoms with Gasteiger partial charge in [-0.2, -0.15) is 0 Å². The molecule has 3 N–H and O–H groups in total. The predicted octanol–water partition coefficient (Wildman–Crippen LogP) is 5.95. The van der Waals surface area contributed by atoms with E-state index in [1.54, 1.807) is 0 Å². The third kappa shape index (κ3) is 7.99. The molecule has 0 spiro atoms. The number of aliphatic hydroxyl groups is 1. The van der Waals surface area contributed by atoms with Crippen LogP contribution in [-0.4, -0.2) is 39.1 Å². The first-order valence-corrected chi connectivity index (χ1v) is 12.4. The van der Waals surface area contributed by atoms with E-state index in [2.05, 4.69) is 13.0 Å². The van der Waals surface area contributed by atoms with Crippen LogP contribution in [0.25, 0.3) is 11.1 Å². The van der Waals surface area contributed by atoms with Crippen LogP contribution in [0.1, 0.15) is 68.2 Å². The molecule has 0 aliphatic rings. The molecule has 174 valence electrons. The number of unbranched alkanes of at least 4 members (excludes halogenated alkanes) is 5. The SMILES string of the molecule is CCCCCCCCc1ccccc1-c1ccccc1C(SCCC(=O)O)C(O)C(=O)O. The van der Waals surface area contributed by atoms with E-state index in [9.17, 15) is 19.8 Å². The minimum Gasteiger partial charge on any atom is -0.481 e. The Morgan fingerprint density at radius 2 is 1.50 bits per heavy atom. The summed E-state index contributed by atoms with van der Waals surface area (Å²) < 4.78 is 0. The molecule has 0 radical (unpaired) electrons. The van der Waals surface area contributed by atoms with Gasteiger partial charge in [-0.1, -0.05) is 87.6 Å². The zero-order chi connectivity index (χ0) is 23.3. The van der Waals surface area contributed by atoms with Crippen molar-refractivity contribution in [2.45, 2.75) is 69.6 Å². The largest absolute Gasteiger partial charge is 0.481 e. The van der Waals surface area contributed by atoms with Gasteiger partial charge in [0.15, 0.2) is 6.10 Å². The van der Waals surface area contributed by atoms with Crippen LogP contribution in [-0.2, 0) is 16.0 Å². The summed E-state index contributed by atoms with van der Waals surface area (Å²) >= 11 is 1.17. The molecule has 0 heterocycles. The lowest BCUT2D eigenvalue weighted by Gasteiger charge is -2.23. The fourth-order valence-corrected chi connectivity index (χ4v) is 5.07. The van der Waals surface area contributed by atoms with Crippen molar-refractivity contribution >= 4 is 23.7 Å². The van der Waals surface area contributed by atoms with Crippen LogP contribution in [0.4, 0.5) is 0 Å². The number of aryl methyl sites for hydroxylation is 1. The van der Waals surface area contributed by atoms with Crippen molar-refractivity contribution in [3.8, 4) is 11.1 Å². The molecule has 6 heteroatoms. The molecule has 0 saturated heterocycles. The zero-order valence-corrected chi connectivity index (χ0v) is 19.5. The number of thioether (sulfide) groups is 1. The molecule has 0 aliphatic heterocycles. The lowest BCUT2D eigenvalue weighted by atomic mass is 9.90. The highest BCUT2D eigenvalue weighted by Crippen LogP contribution is 2.40. The molecule has 5 nitrogen and oxygen atoms in total. The second-order valence-electron chi connectivity index (χ2n) is 7.98. The average molecular weight is 459 g/mol. The number of aliphatic carboxylic acids is 2. The van der Waals surface area contributed by atoms with Gasteiger partial charge in [0.05, 0.1) is 11.7 Å². The van der Waals surface area contributed by atoms with Gasteiger partial charge in [0.2, 0.25) is 0 Å². The highest BCUT2D eigenvalue weighted by atomic mass is 32.2. The fourth-order valence-electron chi connectivity index (χ4n) is 3.84. The van der Waals surface area contributed by atoms with Crippen molar-refractivity contribution in [2.75, 3.05) is 5.75 Å². The highest BCUT2D eigenvalue weighted by Gasteiger charge is 2.30. The molecule has 0 amide bonds. The van der Waals surface area contributed by atoms with Crippen molar-refractivity contribution in [2.24, 2.45) is 0 Å². The molecule has 0 saturated carbocycles. The maximum absolute atomic E-state index is 11.6. The third-order valence-corrected chi connectivity index (χ3v) is 6.84. The number of hydrogen-bond donors (Lipinski definition) is 3. The van der Waals surface area contributed by atoms with E-state index in [4.69, 9.17) is 5.11 Å². The number of carboxylic acid groups (broad SMARTS) is 2. The summed E-state index contributed by atoms with van der Waals surface area (Å²) in [5.41, 5.74) is 3.85. The van der Waals surface area contributed by atoms with Gasteiger partial charge in [0.25, 0.3) is 0 Å². The molecule has 2 unspecified atom stereocenters. The monoisotopic (exact) mass is 458 g/mol. The third-order valence-electron chi connectivity index (χ3n) is 5.53. The van der Waals surface area contributed by atoms with Crippen molar-refractivity contribution in [1.29, 1.82) is 0 Å². The first-order valence-electron chi connectivity index (χ1n) is 11.4. The second-order valence-corrected chi connectivity index (χ2v) is 9.23. The lowest BCUT2D eigenvalue weighted by Crippen LogP contribution is -2.26. The van der Waals surface area contributed by atoms with E-state index >= 15 is 0 Å². The van der Waals surface area contributed by atoms with Crippen LogP contribution in [0.5, 0.6) is 0 Å². The Balaban J connectivity index is 2.29. The van der Waals surface area contributed by atoms with Gasteiger partial charge in [0.1, 0.15) is 0 Å². The van der Waals surface area contributed by atoms with Gasteiger partial charge >= 0.3 is 11.9 Å². The van der Waals surface area contributed by atoms with Gasteiger partial charge in [-0.15, -0.1) is 11.8 Å². The number of hydrogen-bond acceptors (Lipinski definition) is 4. The van der Waals surface area contributed by atoms with Crippen molar-refractivity contribution in [3.63, 3.8) is 0 Å². The maximum atomic E-state index is 11.6. The van der Waals surface area contributed by atoms with Gasteiger partial charge in [0, 0.05) is 5.75 Å². The van der Waals surface area contributed by atoms with Crippen LogP contribution >= 0.6 is 11.8 Å². The van der Waals surface area contributed by atoms with E-state index < -0.39 is 23.3 Å². The number of rotatable bonds is 15. The van der Waals surface area contributed by atoms with Crippen molar-refractivity contribution < 1.29 is 24.9 Å². The van der Waals surface area contributed by atoms with Crippen molar-refractivity contribution in [3.05, 3.63) is 59.7 Å². The van der Waals surface area contributed by atoms with Crippen LogP contribution in [0.2, 0.25) is 0 Å². The van der Waals surface area contributed by atoms with E-state index in [1.165, 1.54) is 49.4 Å². The van der Waals surface area contributed by atoms with Gasteiger partial charge in [-0.25, -0.2) is 4.79 Å². The summed E-state index contributed by atoms with van der Waals surface area (Å²) in [6.07, 6.45) is 6.51. The Kier molecular flexibility index (Phi) is 11.3. The van der Waals surface area contributed by atoms with E-state index in [0.29, 0.717) is 5.56 Å². The number of benzene rings is 2. The standard InChI is InChI=1S/C26H34O5S/c1-2-3-4-5-6-7-12-19-13-8-9-14-20(19)21-15-10-11-16-22(21)25(24(29)26(30)31)32-18-17-23(27)28/h8-11,13-16,24-25,29H,2-7,12,17-18H2,1H3,(H,27,28)(H,30,31). The smallest absolute Gasteiger partial charge is 0.334 e. The lowest BCUT2D eigenvalue weighted by molar-refractivity contribution is -0.146. The molecular weight excluding hydrogens is 424 g/mol. The molecule has 2 aromatic rings. The van der Waals surface area contributed by atoms with E-state index in [0.717, 1.165) is 24.0 Å². The maximum Gasteiger partial charge on any atom is 0.334 e. The summed E-state index contributed by atoms with van der Waals surface area (Å²) in [5.74, 6) is -2.04. The first-order chi connectivity index (χ1) is 15.5. The molecule has 2 aromatic carbocycles. The molecule has 32 heavy (non-hydrogen) atoms. The van der Waals surface area contributed by atoms with Gasteiger partial charge < -0.3 is 15.3 Å². The Morgan fingerprint density at radius 3 is 2.19 bits per heavy atom. The Bertz CT molecular complexity index is 867. The summed E-state index contributed by atoms with van der Waals surface area (Å²) in [4.78, 5) is 22.5. The minimum atomic E-state index is -1.62. The van der Waals surface area contributed by atoms with Crippen LogP contribution < -0.4 is 0 Å². The second kappa shape index (κ2) is 14.0. The quantitative estimate of drug-likeness (QED) is 0.285. The number of carbonyl (C=O) groups is 2. The van der Waals surface area contributed by atoms with Crippen LogP contribution in [0.15, 0.2) is 48.5 Å². The summed E-state index contributed by atoms with van der Waals surface area (Å²) in [6.45, 7) is 2.21. The van der Waals surface area contributed by atoms with Gasteiger partial charge in [-0.3, -0.25) is 4.79 Å². The normalized spacial score (nSPS) is 12.9. The molecule has 2 atom stereocenters. The van der Waals surface area contributed by atoms with E-state index in [1.807, 2.05) is 42.5 Å². The summed E-state index contributed by atoms with van der Waals surface area (Å²) in [7, 11) is 0. The summed E-state index contributed by atoms with van der Waals surface area (Å²) in [5, 5.41) is 28.1. The predicted molar refractivity (Wildman–Crippen MR) is 130 cm³/mol. The highest BCUT2D eigenvalue weighted by molar-refractivity contribution is 7.99. The van der Waals surface area contributed by atoms with Crippen molar-refractivity contribution in [1.82, 2.24) is 0 Å². The molecule has 0 bridgehead atoms. The zero-order valence-electron chi connectivity index (χ0n) is 18.7. The van der Waals surface area contributed by atoms with Crippen LogP contribution in [0, 0.1) is 0 Å². The fraction of sp³-hybridized carbons (Fsp3) is 0.462. The average Bonchev–Trinajstić information content (AvgIpc) is 2.79. The molecular formula is C26H34O5S. The van der Waals surface area contributed by atoms with Gasteiger partial charge in [-0.05, 0) is 35.1 Å².